The number of para-hydroxylation sites is 1. The molecule has 28 heavy (non-hydrogen) atoms. The van der Waals surface area contributed by atoms with Crippen molar-refractivity contribution in [3.63, 3.8) is 0 Å². The molecule has 1 aliphatic carbocycles. The van der Waals surface area contributed by atoms with Gasteiger partial charge in [-0.1, -0.05) is 61.5 Å². The van der Waals surface area contributed by atoms with Crippen LogP contribution in [-0.2, 0) is 16.8 Å². The molecule has 0 saturated heterocycles. The summed E-state index contributed by atoms with van der Waals surface area (Å²) in [4.78, 5) is 28.1. The third kappa shape index (κ3) is 2.80. The van der Waals surface area contributed by atoms with Gasteiger partial charge in [0.2, 0.25) is 0 Å². The van der Waals surface area contributed by atoms with Crippen LogP contribution in [0, 0.1) is 5.92 Å². The molecule has 2 aromatic rings. The van der Waals surface area contributed by atoms with Crippen molar-refractivity contribution in [1.29, 1.82) is 0 Å². The molecule has 0 spiro atoms. The SMILES string of the molecule is CC/C=C/CCCN1C(=O)C(O)(C2Cc3ccccc3C2=O)c2ccccc21. The summed E-state index contributed by atoms with van der Waals surface area (Å²) in [7, 11) is 0. The lowest BCUT2D eigenvalue weighted by Crippen LogP contribution is -2.48. The van der Waals surface area contributed by atoms with Crippen molar-refractivity contribution in [3.8, 4) is 0 Å². The molecule has 1 amide bonds. The molecular weight excluding hydrogens is 350 g/mol. The van der Waals surface area contributed by atoms with Crippen LogP contribution in [0.15, 0.2) is 60.7 Å². The van der Waals surface area contributed by atoms with Crippen LogP contribution in [0.2, 0.25) is 0 Å². The van der Waals surface area contributed by atoms with Gasteiger partial charge in [-0.15, -0.1) is 0 Å². The fourth-order valence-corrected chi connectivity index (χ4v) is 4.45. The van der Waals surface area contributed by atoms with Gasteiger partial charge in [0.05, 0.1) is 11.6 Å². The molecule has 0 radical (unpaired) electrons. The van der Waals surface area contributed by atoms with E-state index in [0.717, 1.165) is 30.5 Å². The van der Waals surface area contributed by atoms with Gasteiger partial charge in [-0.05, 0) is 37.3 Å². The van der Waals surface area contributed by atoms with Crippen molar-refractivity contribution in [3.05, 3.63) is 77.4 Å². The lowest BCUT2D eigenvalue weighted by atomic mass is 9.79. The minimum absolute atomic E-state index is 0.144. The molecule has 2 aliphatic rings. The standard InChI is InChI=1S/C24H25NO3/c1-2-3-4-5-10-15-25-21-14-9-8-13-19(21)24(28,23(25)27)20-16-17-11-6-7-12-18(17)22(20)26/h3-4,6-9,11-14,20,28H,2,5,10,15-16H2,1H3/b4-3+. The Labute approximate surface area is 165 Å². The Morgan fingerprint density at radius 1 is 1.11 bits per heavy atom. The van der Waals surface area contributed by atoms with E-state index in [0.29, 0.717) is 24.1 Å². The number of unbranched alkanes of at least 4 members (excludes halogenated alkanes) is 1. The van der Waals surface area contributed by atoms with Crippen molar-refractivity contribution in [2.24, 2.45) is 5.92 Å². The summed E-state index contributed by atoms with van der Waals surface area (Å²) in [5, 5.41) is 11.6. The minimum Gasteiger partial charge on any atom is -0.375 e. The Morgan fingerprint density at radius 2 is 1.86 bits per heavy atom. The van der Waals surface area contributed by atoms with Crippen molar-refractivity contribution < 1.29 is 14.7 Å². The predicted molar refractivity (Wildman–Crippen MR) is 109 cm³/mol. The first-order valence-corrected chi connectivity index (χ1v) is 10.00. The highest BCUT2D eigenvalue weighted by Crippen LogP contribution is 2.48. The Hall–Kier alpha value is -2.72. The van der Waals surface area contributed by atoms with Crippen molar-refractivity contribution >= 4 is 17.4 Å². The summed E-state index contributed by atoms with van der Waals surface area (Å²) >= 11 is 0. The van der Waals surface area contributed by atoms with E-state index < -0.39 is 11.5 Å². The van der Waals surface area contributed by atoms with Crippen LogP contribution in [0.3, 0.4) is 0 Å². The molecule has 0 saturated carbocycles. The fourth-order valence-electron chi connectivity index (χ4n) is 4.45. The van der Waals surface area contributed by atoms with E-state index >= 15 is 0 Å². The Morgan fingerprint density at radius 3 is 2.64 bits per heavy atom. The van der Waals surface area contributed by atoms with Gasteiger partial charge in [-0.2, -0.15) is 0 Å². The topological polar surface area (TPSA) is 57.6 Å². The molecule has 0 bridgehead atoms. The van der Waals surface area contributed by atoms with E-state index in [2.05, 4.69) is 19.1 Å². The number of hydrogen-bond acceptors (Lipinski definition) is 3. The number of Topliss-reactive ketones (excluding diaryl/α,β-unsaturated/α-hetero) is 1. The second-order valence-corrected chi connectivity index (χ2v) is 7.54. The second-order valence-electron chi connectivity index (χ2n) is 7.54. The largest absolute Gasteiger partial charge is 0.375 e. The molecule has 0 aromatic heterocycles. The van der Waals surface area contributed by atoms with Crippen molar-refractivity contribution in [2.75, 3.05) is 11.4 Å². The third-order valence-corrected chi connectivity index (χ3v) is 5.86. The Balaban J connectivity index is 1.65. The van der Waals surface area contributed by atoms with Gasteiger partial charge >= 0.3 is 0 Å². The average Bonchev–Trinajstić information content (AvgIpc) is 3.17. The number of hydrogen-bond donors (Lipinski definition) is 1. The maximum Gasteiger partial charge on any atom is 0.264 e. The number of nitrogens with zero attached hydrogens (tertiary/aromatic N) is 1. The molecule has 2 atom stereocenters. The summed E-state index contributed by atoms with van der Waals surface area (Å²) in [6.45, 7) is 2.62. The Kier molecular flexibility index (Phi) is 4.90. The van der Waals surface area contributed by atoms with Crippen LogP contribution in [0.1, 0.15) is 47.7 Å². The molecule has 1 N–H and O–H groups in total. The molecule has 2 aromatic carbocycles. The fraction of sp³-hybridized carbons (Fsp3) is 0.333. The number of carbonyl (C=O) groups excluding carboxylic acids is 2. The summed E-state index contributed by atoms with van der Waals surface area (Å²) < 4.78 is 0. The molecule has 1 aliphatic heterocycles. The first-order valence-electron chi connectivity index (χ1n) is 10.00. The number of rotatable bonds is 6. The summed E-state index contributed by atoms with van der Waals surface area (Å²) in [5.41, 5.74) is 0.994. The van der Waals surface area contributed by atoms with Crippen LogP contribution in [-0.4, -0.2) is 23.3 Å². The number of carbonyl (C=O) groups is 2. The molecule has 2 unspecified atom stereocenters. The van der Waals surface area contributed by atoms with Crippen LogP contribution in [0.5, 0.6) is 0 Å². The first-order chi connectivity index (χ1) is 13.6. The quantitative estimate of drug-likeness (QED) is 0.613. The zero-order chi connectivity index (χ0) is 19.7. The number of aliphatic hydroxyl groups is 1. The second kappa shape index (κ2) is 7.36. The van der Waals surface area contributed by atoms with Crippen LogP contribution in [0.4, 0.5) is 5.69 Å². The van der Waals surface area contributed by atoms with Crippen LogP contribution in [0.25, 0.3) is 0 Å². The molecular formula is C24H25NO3. The number of ketones is 1. The average molecular weight is 375 g/mol. The summed E-state index contributed by atoms with van der Waals surface area (Å²) in [6.07, 6.45) is 7.31. The van der Waals surface area contributed by atoms with E-state index in [1.54, 1.807) is 17.0 Å². The summed E-state index contributed by atoms with van der Waals surface area (Å²) in [5.74, 6) is -1.29. The lowest BCUT2D eigenvalue weighted by molar-refractivity contribution is -0.140. The zero-order valence-corrected chi connectivity index (χ0v) is 16.1. The number of allylic oxidation sites excluding steroid dienone is 2. The number of anilines is 1. The van der Waals surface area contributed by atoms with E-state index in [4.69, 9.17) is 0 Å². The van der Waals surface area contributed by atoms with E-state index in [1.807, 2.05) is 36.4 Å². The van der Waals surface area contributed by atoms with E-state index in [-0.39, 0.29) is 11.7 Å². The van der Waals surface area contributed by atoms with Gasteiger partial charge in [0.15, 0.2) is 11.4 Å². The van der Waals surface area contributed by atoms with E-state index in [1.165, 1.54) is 0 Å². The van der Waals surface area contributed by atoms with Gasteiger partial charge in [0, 0.05) is 17.7 Å². The minimum atomic E-state index is -1.80. The van der Waals surface area contributed by atoms with Gasteiger partial charge in [0.25, 0.3) is 5.91 Å². The maximum atomic E-state index is 13.4. The zero-order valence-electron chi connectivity index (χ0n) is 16.1. The van der Waals surface area contributed by atoms with Gasteiger partial charge < -0.3 is 10.0 Å². The summed E-state index contributed by atoms with van der Waals surface area (Å²) in [6, 6.07) is 14.7. The number of amides is 1. The van der Waals surface area contributed by atoms with Gasteiger partial charge in [-0.25, -0.2) is 0 Å². The normalized spacial score (nSPS) is 23.5. The van der Waals surface area contributed by atoms with Crippen LogP contribution >= 0.6 is 0 Å². The smallest absolute Gasteiger partial charge is 0.264 e. The van der Waals surface area contributed by atoms with Crippen LogP contribution < -0.4 is 4.90 Å². The predicted octanol–water partition coefficient (Wildman–Crippen LogP) is 4.02. The van der Waals surface area contributed by atoms with Gasteiger partial charge in [-0.3, -0.25) is 9.59 Å². The molecule has 4 rings (SSSR count). The number of benzene rings is 2. The number of fused-ring (bicyclic) bond motifs is 2. The highest BCUT2D eigenvalue weighted by molar-refractivity contribution is 6.13. The van der Waals surface area contributed by atoms with Crippen molar-refractivity contribution in [1.82, 2.24) is 0 Å². The van der Waals surface area contributed by atoms with Gasteiger partial charge in [0.1, 0.15) is 0 Å². The van der Waals surface area contributed by atoms with E-state index in [9.17, 15) is 14.7 Å². The monoisotopic (exact) mass is 375 g/mol. The highest BCUT2D eigenvalue weighted by atomic mass is 16.3. The molecule has 4 heteroatoms. The Bertz CT molecular complexity index is 948. The first kappa shape index (κ1) is 18.6. The molecule has 0 fully saturated rings. The molecule has 4 nitrogen and oxygen atoms in total. The van der Waals surface area contributed by atoms with Crippen molar-refractivity contribution in [2.45, 2.75) is 38.2 Å². The lowest BCUT2D eigenvalue weighted by Gasteiger charge is -2.28. The maximum absolute atomic E-state index is 13.4. The highest BCUT2D eigenvalue weighted by Gasteiger charge is 2.58. The molecule has 144 valence electrons. The molecule has 1 heterocycles. The third-order valence-electron chi connectivity index (χ3n) is 5.86.